The molecule has 0 radical (unpaired) electrons. The predicted molar refractivity (Wildman–Crippen MR) is 51.7 cm³/mol. The molecule has 0 atom stereocenters. The fourth-order valence-electron chi connectivity index (χ4n) is 1.25. The van der Waals surface area contributed by atoms with Gasteiger partial charge in [0.2, 0.25) is 0 Å². The minimum atomic E-state index is 0.665. The average molecular weight is 193 g/mol. The summed E-state index contributed by atoms with van der Waals surface area (Å²) in [6, 6.07) is 0. The van der Waals surface area contributed by atoms with E-state index in [9.17, 15) is 0 Å². The summed E-state index contributed by atoms with van der Waals surface area (Å²) in [5, 5.41) is 1.55. The molecule has 0 aliphatic heterocycles. The predicted octanol–water partition coefficient (Wildman–Crippen LogP) is 0.361. The SMILES string of the molecule is CON(C)c1ncnc2c1ncn2C. The Kier molecular flexibility index (Phi) is 2.05. The summed E-state index contributed by atoms with van der Waals surface area (Å²) in [6.45, 7) is 0. The van der Waals surface area contributed by atoms with Crippen molar-refractivity contribution < 1.29 is 4.84 Å². The van der Waals surface area contributed by atoms with Gasteiger partial charge in [0.1, 0.15) is 6.33 Å². The van der Waals surface area contributed by atoms with E-state index in [0.717, 1.165) is 11.2 Å². The number of aryl methyl sites for hydroxylation is 1. The summed E-state index contributed by atoms with van der Waals surface area (Å²) in [5.74, 6) is 0.665. The van der Waals surface area contributed by atoms with Crippen molar-refractivity contribution in [1.29, 1.82) is 0 Å². The number of fused-ring (bicyclic) bond motifs is 1. The Bertz CT molecular complexity index is 452. The Morgan fingerprint density at radius 3 is 2.86 bits per heavy atom. The van der Waals surface area contributed by atoms with Gasteiger partial charge in [-0.05, 0) is 0 Å². The van der Waals surface area contributed by atoms with Crippen LogP contribution in [0.4, 0.5) is 5.82 Å². The molecule has 0 saturated heterocycles. The average Bonchev–Trinajstić information content (AvgIpc) is 2.59. The van der Waals surface area contributed by atoms with Crippen LogP contribution in [0.1, 0.15) is 0 Å². The summed E-state index contributed by atoms with van der Waals surface area (Å²) in [6.07, 6.45) is 3.20. The summed E-state index contributed by atoms with van der Waals surface area (Å²) in [7, 11) is 5.24. The minimum Gasteiger partial charge on any atom is -0.318 e. The Labute approximate surface area is 81.1 Å². The lowest BCUT2D eigenvalue weighted by Crippen LogP contribution is -2.16. The van der Waals surface area contributed by atoms with Gasteiger partial charge in [0, 0.05) is 14.1 Å². The monoisotopic (exact) mass is 193 g/mol. The van der Waals surface area contributed by atoms with Gasteiger partial charge in [-0.1, -0.05) is 0 Å². The van der Waals surface area contributed by atoms with Gasteiger partial charge >= 0.3 is 0 Å². The molecule has 6 nitrogen and oxygen atoms in total. The largest absolute Gasteiger partial charge is 0.318 e. The first-order chi connectivity index (χ1) is 6.74. The highest BCUT2D eigenvalue weighted by Crippen LogP contribution is 2.19. The van der Waals surface area contributed by atoms with Crippen molar-refractivity contribution in [2.75, 3.05) is 19.2 Å². The fraction of sp³-hybridized carbons (Fsp3) is 0.375. The Morgan fingerprint density at radius 1 is 1.36 bits per heavy atom. The van der Waals surface area contributed by atoms with Crippen LogP contribution in [0.3, 0.4) is 0 Å². The molecule has 0 unspecified atom stereocenters. The van der Waals surface area contributed by atoms with Crippen molar-refractivity contribution >= 4 is 17.0 Å². The van der Waals surface area contributed by atoms with Crippen LogP contribution >= 0.6 is 0 Å². The summed E-state index contributed by atoms with van der Waals surface area (Å²) in [5.41, 5.74) is 1.53. The molecule has 0 saturated carbocycles. The second kappa shape index (κ2) is 3.22. The molecule has 2 aromatic heterocycles. The molecule has 0 amide bonds. The highest BCUT2D eigenvalue weighted by molar-refractivity contribution is 5.82. The van der Waals surface area contributed by atoms with Gasteiger partial charge in [-0.25, -0.2) is 20.0 Å². The van der Waals surface area contributed by atoms with Gasteiger partial charge in [0.05, 0.1) is 13.4 Å². The highest BCUT2D eigenvalue weighted by Gasteiger charge is 2.11. The Hall–Kier alpha value is -1.69. The molecule has 6 heteroatoms. The number of imidazole rings is 1. The molecule has 2 heterocycles. The summed E-state index contributed by atoms with van der Waals surface area (Å²) >= 11 is 0. The van der Waals surface area contributed by atoms with E-state index in [-0.39, 0.29) is 0 Å². The van der Waals surface area contributed by atoms with Crippen LogP contribution in [0, 0.1) is 0 Å². The number of aromatic nitrogens is 4. The lowest BCUT2D eigenvalue weighted by Gasteiger charge is -2.13. The number of rotatable bonds is 2. The zero-order valence-electron chi connectivity index (χ0n) is 8.30. The van der Waals surface area contributed by atoms with Crippen LogP contribution < -0.4 is 5.06 Å². The van der Waals surface area contributed by atoms with E-state index >= 15 is 0 Å². The second-order valence-electron chi connectivity index (χ2n) is 2.91. The molecule has 0 aliphatic rings. The van der Waals surface area contributed by atoms with Crippen molar-refractivity contribution in [1.82, 2.24) is 19.5 Å². The smallest absolute Gasteiger partial charge is 0.183 e. The maximum Gasteiger partial charge on any atom is 0.183 e. The third-order valence-electron chi connectivity index (χ3n) is 2.05. The van der Waals surface area contributed by atoms with Crippen molar-refractivity contribution in [3.05, 3.63) is 12.7 Å². The van der Waals surface area contributed by atoms with E-state index in [1.807, 2.05) is 11.6 Å². The number of hydrogen-bond acceptors (Lipinski definition) is 5. The molecule has 0 aliphatic carbocycles. The molecule has 2 aromatic rings. The van der Waals surface area contributed by atoms with Crippen LogP contribution in [0.15, 0.2) is 12.7 Å². The van der Waals surface area contributed by atoms with Crippen LogP contribution in [0.5, 0.6) is 0 Å². The van der Waals surface area contributed by atoms with Crippen molar-refractivity contribution in [3.63, 3.8) is 0 Å². The zero-order valence-corrected chi connectivity index (χ0v) is 8.30. The van der Waals surface area contributed by atoms with Crippen molar-refractivity contribution in [3.8, 4) is 0 Å². The lowest BCUT2D eigenvalue weighted by molar-refractivity contribution is 0.183. The normalized spacial score (nSPS) is 10.8. The van der Waals surface area contributed by atoms with E-state index in [0.29, 0.717) is 5.82 Å². The van der Waals surface area contributed by atoms with E-state index in [1.165, 1.54) is 6.33 Å². The topological polar surface area (TPSA) is 56.1 Å². The third-order valence-corrected chi connectivity index (χ3v) is 2.05. The number of hydroxylamine groups is 1. The molecule has 0 N–H and O–H groups in total. The van der Waals surface area contributed by atoms with Crippen LogP contribution in [0.25, 0.3) is 11.2 Å². The maximum atomic E-state index is 5.05. The molecular weight excluding hydrogens is 182 g/mol. The summed E-state index contributed by atoms with van der Waals surface area (Å²) in [4.78, 5) is 17.5. The molecule has 2 rings (SSSR count). The van der Waals surface area contributed by atoms with Gasteiger partial charge in [0.25, 0.3) is 0 Å². The standard InChI is InChI=1S/C8H11N5O/c1-12-5-11-6-7(12)9-4-10-8(6)13(2)14-3/h4-5H,1-3H3. The Balaban J connectivity index is 2.65. The quantitative estimate of drug-likeness (QED) is 0.644. The highest BCUT2D eigenvalue weighted by atomic mass is 16.7. The molecule has 0 aromatic carbocycles. The third kappa shape index (κ3) is 1.20. The van der Waals surface area contributed by atoms with Crippen molar-refractivity contribution in [2.24, 2.45) is 7.05 Å². The van der Waals surface area contributed by atoms with Crippen LogP contribution in [-0.4, -0.2) is 33.7 Å². The van der Waals surface area contributed by atoms with Gasteiger partial charge < -0.3 is 4.57 Å². The number of hydrogen-bond donors (Lipinski definition) is 0. The van der Waals surface area contributed by atoms with Gasteiger partial charge in [-0.15, -0.1) is 0 Å². The molecule has 0 bridgehead atoms. The fourth-order valence-corrected chi connectivity index (χ4v) is 1.25. The maximum absolute atomic E-state index is 5.05. The Morgan fingerprint density at radius 2 is 2.14 bits per heavy atom. The minimum absolute atomic E-state index is 0.665. The van der Waals surface area contributed by atoms with Crippen molar-refractivity contribution in [2.45, 2.75) is 0 Å². The molecule has 14 heavy (non-hydrogen) atoms. The van der Waals surface area contributed by atoms with Gasteiger partial charge in [-0.3, -0.25) is 4.84 Å². The van der Waals surface area contributed by atoms with E-state index in [2.05, 4.69) is 15.0 Å². The lowest BCUT2D eigenvalue weighted by atomic mass is 10.5. The summed E-state index contributed by atoms with van der Waals surface area (Å²) < 4.78 is 1.84. The van der Waals surface area contributed by atoms with E-state index in [4.69, 9.17) is 4.84 Å². The molecule has 74 valence electrons. The number of nitrogens with zero attached hydrogens (tertiary/aromatic N) is 5. The van der Waals surface area contributed by atoms with Crippen LogP contribution in [-0.2, 0) is 11.9 Å². The molecule has 0 spiro atoms. The second-order valence-corrected chi connectivity index (χ2v) is 2.91. The van der Waals surface area contributed by atoms with E-state index < -0.39 is 0 Å². The molecular formula is C8H11N5O. The van der Waals surface area contributed by atoms with Gasteiger partial charge in [0.15, 0.2) is 17.0 Å². The first kappa shape index (κ1) is 8.89. The van der Waals surface area contributed by atoms with Gasteiger partial charge in [-0.2, -0.15) is 0 Å². The van der Waals surface area contributed by atoms with Crippen LogP contribution in [0.2, 0.25) is 0 Å². The first-order valence-electron chi connectivity index (χ1n) is 4.14. The number of anilines is 1. The zero-order chi connectivity index (χ0) is 10.1. The molecule has 0 fully saturated rings. The van der Waals surface area contributed by atoms with E-state index in [1.54, 1.807) is 25.5 Å². The first-order valence-corrected chi connectivity index (χ1v) is 4.14.